The third kappa shape index (κ3) is 2.13. The van der Waals surface area contributed by atoms with E-state index in [1.807, 2.05) is 60.1 Å². The molecular formula is C18H21N2O2P. The van der Waals surface area contributed by atoms with Crippen molar-refractivity contribution in [3.05, 3.63) is 54.1 Å². The first-order valence-electron chi connectivity index (χ1n) is 8.12. The quantitative estimate of drug-likeness (QED) is 0.857. The Bertz CT molecular complexity index is 778. The average molecular weight is 328 g/mol. The summed E-state index contributed by atoms with van der Waals surface area (Å²) in [6.07, 6.45) is 2.14. The van der Waals surface area contributed by atoms with Crippen LogP contribution in [0.15, 0.2) is 48.5 Å². The van der Waals surface area contributed by atoms with Crippen molar-refractivity contribution < 1.29 is 9.67 Å². The van der Waals surface area contributed by atoms with Crippen molar-refractivity contribution in [3.8, 4) is 5.75 Å². The highest BCUT2D eigenvalue weighted by molar-refractivity contribution is 7.71. The molecule has 120 valence electrons. The van der Waals surface area contributed by atoms with E-state index < -0.39 is 7.44 Å². The lowest BCUT2D eigenvalue weighted by Crippen LogP contribution is -2.27. The summed E-state index contributed by atoms with van der Waals surface area (Å²) in [5.74, 6) is 0.171. The van der Waals surface area contributed by atoms with Gasteiger partial charge in [-0.15, -0.1) is 0 Å². The van der Waals surface area contributed by atoms with E-state index in [0.717, 1.165) is 37.2 Å². The molecule has 5 heteroatoms. The van der Waals surface area contributed by atoms with Gasteiger partial charge in [0.05, 0.1) is 5.30 Å². The Morgan fingerprint density at radius 3 is 2.70 bits per heavy atom. The van der Waals surface area contributed by atoms with Crippen molar-refractivity contribution in [3.63, 3.8) is 0 Å². The number of para-hydroxylation sites is 2. The van der Waals surface area contributed by atoms with Crippen LogP contribution in [0.2, 0.25) is 0 Å². The standard InChI is InChI=1S/C18H21N2O2P/c1-14-7-5-11-17(18(14)21)23(22)19-12-6-10-16(19)13-20(23)15-8-3-2-4-9-15/h2-5,7-9,11,16,21H,6,10,12-13H2,1H3/t16-,23-/m0/s1. The molecule has 2 saturated heterocycles. The molecule has 2 heterocycles. The lowest BCUT2D eigenvalue weighted by molar-refractivity contribution is 0.433. The molecule has 4 rings (SSSR count). The molecule has 2 aliphatic heterocycles. The van der Waals surface area contributed by atoms with Gasteiger partial charge in [0.25, 0.3) is 7.44 Å². The Morgan fingerprint density at radius 1 is 1.13 bits per heavy atom. The largest absolute Gasteiger partial charge is 0.507 e. The Balaban J connectivity index is 1.90. The predicted molar refractivity (Wildman–Crippen MR) is 93.6 cm³/mol. The summed E-state index contributed by atoms with van der Waals surface area (Å²) < 4.78 is 18.4. The van der Waals surface area contributed by atoms with Crippen LogP contribution in [0.1, 0.15) is 18.4 Å². The summed E-state index contributed by atoms with van der Waals surface area (Å²) in [5.41, 5.74) is 1.74. The summed E-state index contributed by atoms with van der Waals surface area (Å²) in [4.78, 5) is 0. The second kappa shape index (κ2) is 5.40. The molecule has 2 atom stereocenters. The molecule has 2 aromatic rings. The van der Waals surface area contributed by atoms with Gasteiger partial charge in [-0.3, -0.25) is 4.57 Å². The van der Waals surface area contributed by atoms with E-state index in [1.165, 1.54) is 0 Å². The van der Waals surface area contributed by atoms with Crippen LogP contribution in [0.25, 0.3) is 0 Å². The minimum Gasteiger partial charge on any atom is -0.507 e. The van der Waals surface area contributed by atoms with Gasteiger partial charge in [0.15, 0.2) is 0 Å². The van der Waals surface area contributed by atoms with E-state index in [1.54, 1.807) is 0 Å². The highest BCUT2D eigenvalue weighted by Gasteiger charge is 2.52. The first-order valence-corrected chi connectivity index (χ1v) is 9.73. The van der Waals surface area contributed by atoms with Crippen LogP contribution >= 0.6 is 7.44 Å². The number of benzene rings is 2. The fraction of sp³-hybridized carbons (Fsp3) is 0.333. The molecule has 0 saturated carbocycles. The van der Waals surface area contributed by atoms with Crippen molar-refractivity contribution in [2.24, 2.45) is 0 Å². The number of hydrogen-bond donors (Lipinski definition) is 1. The molecule has 0 radical (unpaired) electrons. The van der Waals surface area contributed by atoms with E-state index >= 15 is 0 Å². The zero-order valence-corrected chi connectivity index (χ0v) is 14.1. The minimum absolute atomic E-state index is 0.171. The lowest BCUT2D eigenvalue weighted by atomic mass is 10.2. The normalized spacial score (nSPS) is 27.3. The van der Waals surface area contributed by atoms with Gasteiger partial charge in [0.2, 0.25) is 0 Å². The van der Waals surface area contributed by atoms with Gasteiger partial charge in [-0.25, -0.2) is 4.67 Å². The Hall–Kier alpha value is -1.77. The SMILES string of the molecule is Cc1cccc([P@@]2(=O)N(c3ccccc3)C[C@@H]3CCCN32)c1O. The zero-order chi connectivity index (χ0) is 16.0. The maximum absolute atomic E-state index is 14.2. The van der Waals surface area contributed by atoms with Crippen molar-refractivity contribution in [2.45, 2.75) is 25.8 Å². The number of phenols is 1. The highest BCUT2D eigenvalue weighted by Crippen LogP contribution is 2.63. The van der Waals surface area contributed by atoms with E-state index in [2.05, 4.69) is 4.67 Å². The molecule has 1 N–H and O–H groups in total. The first-order chi connectivity index (χ1) is 11.1. The molecule has 0 bridgehead atoms. The highest BCUT2D eigenvalue weighted by atomic mass is 31.2. The molecule has 0 amide bonds. The Labute approximate surface area is 136 Å². The molecule has 2 aromatic carbocycles. The monoisotopic (exact) mass is 328 g/mol. The third-order valence-corrected chi connectivity index (χ3v) is 8.25. The van der Waals surface area contributed by atoms with E-state index in [-0.39, 0.29) is 5.75 Å². The van der Waals surface area contributed by atoms with Gasteiger partial charge < -0.3 is 9.78 Å². The molecule has 0 aromatic heterocycles. The number of aryl methyl sites for hydroxylation is 1. The maximum Gasteiger partial charge on any atom is 0.273 e. The van der Waals surface area contributed by atoms with Crippen LogP contribution in [-0.2, 0) is 4.57 Å². The number of phenolic OH excluding ortho intramolecular Hbond substituents is 1. The number of nitrogens with zero attached hydrogens (tertiary/aromatic N) is 2. The van der Waals surface area contributed by atoms with E-state index in [9.17, 15) is 9.67 Å². The Morgan fingerprint density at radius 2 is 1.91 bits per heavy atom. The minimum atomic E-state index is -3.01. The molecule has 2 fully saturated rings. The molecule has 23 heavy (non-hydrogen) atoms. The van der Waals surface area contributed by atoms with Gasteiger partial charge >= 0.3 is 0 Å². The third-order valence-electron chi connectivity index (χ3n) is 4.99. The van der Waals surface area contributed by atoms with Crippen LogP contribution in [0.3, 0.4) is 0 Å². The van der Waals surface area contributed by atoms with Crippen LogP contribution < -0.4 is 9.97 Å². The van der Waals surface area contributed by atoms with Crippen molar-refractivity contribution in [1.29, 1.82) is 0 Å². The summed E-state index contributed by atoms with van der Waals surface area (Å²) in [6, 6.07) is 15.8. The second-order valence-corrected chi connectivity index (χ2v) is 8.93. The zero-order valence-electron chi connectivity index (χ0n) is 13.2. The molecular weight excluding hydrogens is 307 g/mol. The first kappa shape index (κ1) is 14.8. The summed E-state index contributed by atoms with van der Waals surface area (Å²) in [6.45, 7) is 3.45. The van der Waals surface area contributed by atoms with Gasteiger partial charge in [-0.1, -0.05) is 30.3 Å². The fourth-order valence-corrected chi connectivity index (χ4v) is 7.27. The van der Waals surface area contributed by atoms with E-state index in [0.29, 0.717) is 11.3 Å². The van der Waals surface area contributed by atoms with Gasteiger partial charge in [-0.05, 0) is 43.5 Å². The summed E-state index contributed by atoms with van der Waals surface area (Å²) >= 11 is 0. The van der Waals surface area contributed by atoms with Gasteiger partial charge in [0.1, 0.15) is 5.75 Å². The van der Waals surface area contributed by atoms with Crippen LogP contribution in [0, 0.1) is 6.92 Å². The number of fused-ring (bicyclic) bond motifs is 1. The van der Waals surface area contributed by atoms with Gasteiger partial charge in [0, 0.05) is 24.8 Å². The number of anilines is 1. The number of hydrogen-bond acceptors (Lipinski definition) is 2. The number of rotatable bonds is 2. The van der Waals surface area contributed by atoms with Crippen LogP contribution in [0.5, 0.6) is 5.75 Å². The smallest absolute Gasteiger partial charge is 0.273 e. The maximum atomic E-state index is 14.2. The Kier molecular flexibility index (Phi) is 3.47. The van der Waals surface area contributed by atoms with Crippen molar-refractivity contribution in [1.82, 2.24) is 4.67 Å². The predicted octanol–water partition coefficient (Wildman–Crippen LogP) is 3.50. The average Bonchev–Trinajstić information content (AvgIpc) is 3.13. The van der Waals surface area contributed by atoms with Crippen LogP contribution in [0.4, 0.5) is 5.69 Å². The van der Waals surface area contributed by atoms with Crippen molar-refractivity contribution >= 4 is 18.4 Å². The molecule has 0 spiro atoms. The summed E-state index contributed by atoms with van der Waals surface area (Å²) in [5, 5.41) is 11.2. The van der Waals surface area contributed by atoms with Crippen molar-refractivity contribution in [2.75, 3.05) is 17.8 Å². The second-order valence-electron chi connectivity index (χ2n) is 6.36. The molecule has 0 aliphatic carbocycles. The van der Waals surface area contributed by atoms with Crippen LogP contribution in [-0.4, -0.2) is 28.9 Å². The lowest BCUT2D eigenvalue weighted by Gasteiger charge is -2.31. The van der Waals surface area contributed by atoms with Gasteiger partial charge in [-0.2, -0.15) is 0 Å². The number of aromatic hydroxyl groups is 1. The molecule has 0 unspecified atom stereocenters. The van der Waals surface area contributed by atoms with E-state index in [4.69, 9.17) is 0 Å². The fourth-order valence-electron chi connectivity index (χ4n) is 3.82. The summed E-state index contributed by atoms with van der Waals surface area (Å²) in [7, 11) is -3.01. The molecule has 2 aliphatic rings. The topological polar surface area (TPSA) is 43.8 Å². The molecule has 4 nitrogen and oxygen atoms in total.